The van der Waals surface area contributed by atoms with Crippen LogP contribution in [0.15, 0.2) is 248 Å². The predicted molar refractivity (Wildman–Crippen MR) is 277 cm³/mol. The lowest BCUT2D eigenvalue weighted by molar-refractivity contribution is 0.668. The summed E-state index contributed by atoms with van der Waals surface area (Å²) in [6.07, 6.45) is 23.0. The number of hydrogen-bond acceptors (Lipinski definition) is 2. The summed E-state index contributed by atoms with van der Waals surface area (Å²) in [6, 6.07) is 62.6. The lowest BCUT2D eigenvalue weighted by Crippen LogP contribution is -2.14. The number of para-hydroxylation sites is 1. The third kappa shape index (κ3) is 7.90. The first kappa shape index (κ1) is 39.9. The van der Waals surface area contributed by atoms with Gasteiger partial charge in [-0.2, -0.15) is 0 Å². The molecule has 0 atom stereocenters. The fourth-order valence-corrected chi connectivity index (χ4v) is 9.06. The van der Waals surface area contributed by atoms with Gasteiger partial charge in [-0.05, 0) is 127 Å². The second-order valence-electron chi connectivity index (χ2n) is 16.0. The van der Waals surface area contributed by atoms with Gasteiger partial charge >= 0.3 is 0 Å². The van der Waals surface area contributed by atoms with E-state index >= 15 is 0 Å². The first-order valence-electron chi connectivity index (χ1n) is 21.9. The Kier molecular flexibility index (Phi) is 11.2. The Morgan fingerprint density at radius 2 is 1.30 bits per heavy atom. The molecule has 1 aromatic heterocycles. The van der Waals surface area contributed by atoms with Crippen molar-refractivity contribution in [3.63, 3.8) is 0 Å². The maximum Gasteiger partial charge on any atom is 0.142 e. The topological polar surface area (TPSA) is 16.4 Å². The molecule has 1 aliphatic rings. The van der Waals surface area contributed by atoms with E-state index in [0.29, 0.717) is 0 Å². The second kappa shape index (κ2) is 18.0. The van der Waals surface area contributed by atoms with Gasteiger partial charge in [-0.25, -0.2) is 0 Å². The maximum absolute atomic E-state index is 6.71. The van der Waals surface area contributed by atoms with Gasteiger partial charge < -0.3 is 9.32 Å². The van der Waals surface area contributed by atoms with Crippen LogP contribution in [-0.2, 0) is 6.42 Å². The quantitative estimate of drug-likeness (QED) is 0.101. The lowest BCUT2D eigenvalue weighted by Gasteiger charge is -2.23. The Morgan fingerprint density at radius 3 is 2.11 bits per heavy atom. The van der Waals surface area contributed by atoms with E-state index < -0.39 is 0 Å². The average molecular weight is 822 g/mol. The molecule has 0 amide bonds. The van der Waals surface area contributed by atoms with Gasteiger partial charge in [0.2, 0.25) is 0 Å². The predicted octanol–water partition coefficient (Wildman–Crippen LogP) is 17.2. The van der Waals surface area contributed by atoms with E-state index in [2.05, 4.69) is 237 Å². The highest BCUT2D eigenvalue weighted by Crippen LogP contribution is 2.37. The Hall–Kier alpha value is -8.20. The number of allylic oxidation sites excluding steroid dienone is 8. The van der Waals surface area contributed by atoms with Gasteiger partial charge in [-0.1, -0.05) is 195 Å². The SMILES string of the molecule is C=C/C=C\C(=C\c1cccc2c1oc1cc3ccccc3cc12)N(/C=C/C=C(\C=C)c1cc2ccccc2c2ccccc12)c1ccc(-c2cccccccc3c2CCC=C3)cc1. The summed E-state index contributed by atoms with van der Waals surface area (Å²) in [6.45, 7) is 8.35. The first-order valence-corrected chi connectivity index (χ1v) is 21.9. The van der Waals surface area contributed by atoms with Crippen LogP contribution in [0, 0.1) is 0 Å². The van der Waals surface area contributed by atoms with Crippen LogP contribution >= 0.6 is 0 Å². The molecule has 0 saturated heterocycles. The van der Waals surface area contributed by atoms with Crippen LogP contribution in [0.2, 0.25) is 0 Å². The first-order chi connectivity index (χ1) is 31.7. The fraction of sp³-hybridized carbons (Fsp3) is 0.0323. The van der Waals surface area contributed by atoms with Crippen LogP contribution < -0.4 is 4.90 Å². The zero-order chi connectivity index (χ0) is 43.2. The summed E-state index contributed by atoms with van der Waals surface area (Å²) >= 11 is 0. The molecule has 9 aromatic rings. The lowest BCUT2D eigenvalue weighted by atomic mass is 9.91. The number of nitrogens with zero attached hydrogens (tertiary/aromatic N) is 1. The standard InChI is InChI=1S/C62H47NO/c1-3-5-28-52(40-50-26-19-34-58-60-41-47-23-11-12-24-48(47)43-61(60)64-62(50)58)63(39-20-27-44(4-2)59-42-49-25-14-16-31-55(49)56-32-17-18-33-57(56)59)51-37-35-46(36-38-51)54-29-10-8-6-7-9-21-45-22-13-15-30-53(45)54/h3-14,16-29,31-43H,1-2,15,30H2/b7-6?,8-6?,9-7?,10-8?,21-9?,28-5-,29-10?,39-20+,44-27+,45-21?,52-40-,54-29?,54-53?. The molecule has 1 aliphatic carbocycles. The van der Waals surface area contributed by atoms with Crippen LogP contribution in [0.1, 0.15) is 28.7 Å². The van der Waals surface area contributed by atoms with Crippen molar-refractivity contribution in [3.8, 4) is 11.1 Å². The summed E-state index contributed by atoms with van der Waals surface area (Å²) in [7, 11) is 0. The van der Waals surface area contributed by atoms with Gasteiger partial charge in [0.15, 0.2) is 0 Å². The van der Waals surface area contributed by atoms with Crippen LogP contribution in [0.4, 0.5) is 5.69 Å². The third-order valence-corrected chi connectivity index (χ3v) is 12.2. The molecule has 2 nitrogen and oxygen atoms in total. The summed E-state index contributed by atoms with van der Waals surface area (Å²) in [4.78, 5) is 2.23. The average Bonchev–Trinajstić information content (AvgIpc) is 3.71. The Morgan fingerprint density at radius 1 is 0.594 bits per heavy atom. The monoisotopic (exact) mass is 821 g/mol. The molecule has 0 unspecified atom stereocenters. The summed E-state index contributed by atoms with van der Waals surface area (Å²) in [5.74, 6) is 0. The van der Waals surface area contributed by atoms with Crippen molar-refractivity contribution in [2.24, 2.45) is 0 Å². The molecule has 0 aliphatic heterocycles. The number of hydrogen-bond donors (Lipinski definition) is 0. The minimum atomic E-state index is 0.846. The van der Waals surface area contributed by atoms with Crippen LogP contribution in [0.25, 0.3) is 83.1 Å². The Balaban J connectivity index is 1.13. The van der Waals surface area contributed by atoms with E-state index in [0.717, 1.165) is 68.3 Å². The summed E-state index contributed by atoms with van der Waals surface area (Å²) in [5, 5.41) is 9.38. The normalized spacial score (nSPS) is 13.0. The Bertz CT molecular complexity index is 3480. The van der Waals surface area contributed by atoms with Crippen molar-refractivity contribution in [2.45, 2.75) is 12.8 Å². The summed E-state index contributed by atoms with van der Waals surface area (Å²) in [5.41, 5.74) is 11.8. The molecule has 2 heteroatoms. The zero-order valence-electron chi connectivity index (χ0n) is 35.7. The van der Waals surface area contributed by atoms with Gasteiger partial charge in [0.1, 0.15) is 11.2 Å². The van der Waals surface area contributed by atoms with Crippen molar-refractivity contribution in [1.29, 1.82) is 0 Å². The molecular weight excluding hydrogens is 775 g/mol. The van der Waals surface area contributed by atoms with Crippen LogP contribution in [0.3, 0.4) is 0 Å². The molecule has 0 radical (unpaired) electrons. The van der Waals surface area contributed by atoms with Gasteiger partial charge in [0.25, 0.3) is 0 Å². The van der Waals surface area contributed by atoms with Crippen molar-refractivity contribution in [2.75, 3.05) is 4.90 Å². The minimum Gasteiger partial charge on any atom is -0.455 e. The summed E-state index contributed by atoms with van der Waals surface area (Å²) < 4.78 is 6.71. The molecule has 0 spiro atoms. The number of fused-ring (bicyclic) bond motifs is 8. The van der Waals surface area contributed by atoms with Crippen LogP contribution in [0.5, 0.6) is 0 Å². The maximum atomic E-state index is 6.71. The third-order valence-electron chi connectivity index (χ3n) is 12.2. The van der Waals surface area contributed by atoms with Gasteiger partial charge in [0, 0.05) is 33.9 Å². The molecule has 64 heavy (non-hydrogen) atoms. The highest BCUT2D eigenvalue weighted by Gasteiger charge is 2.16. The highest BCUT2D eigenvalue weighted by atomic mass is 16.3. The van der Waals surface area contributed by atoms with E-state index in [1.165, 1.54) is 49.2 Å². The molecule has 0 saturated carbocycles. The number of benzene rings is 7. The van der Waals surface area contributed by atoms with Gasteiger partial charge in [-0.15, -0.1) is 0 Å². The van der Waals surface area contributed by atoms with E-state index in [4.69, 9.17) is 4.42 Å². The molecule has 0 fully saturated rings. The zero-order valence-corrected chi connectivity index (χ0v) is 35.7. The van der Waals surface area contributed by atoms with Crippen LogP contribution in [-0.4, -0.2) is 0 Å². The van der Waals surface area contributed by atoms with Crippen molar-refractivity contribution in [1.82, 2.24) is 0 Å². The van der Waals surface area contributed by atoms with E-state index in [9.17, 15) is 0 Å². The number of furan rings is 1. The van der Waals surface area contributed by atoms with Crippen molar-refractivity contribution < 1.29 is 4.42 Å². The molecular formula is C62H47NO. The van der Waals surface area contributed by atoms with Crippen molar-refractivity contribution >= 4 is 77.7 Å². The number of rotatable bonds is 10. The van der Waals surface area contributed by atoms with Crippen molar-refractivity contribution in [3.05, 3.63) is 266 Å². The minimum absolute atomic E-state index is 0.846. The van der Waals surface area contributed by atoms with Gasteiger partial charge in [0.05, 0.1) is 0 Å². The second-order valence-corrected chi connectivity index (χ2v) is 16.0. The highest BCUT2D eigenvalue weighted by molar-refractivity contribution is 6.13. The largest absolute Gasteiger partial charge is 0.455 e. The smallest absolute Gasteiger partial charge is 0.142 e. The molecule has 306 valence electrons. The molecule has 8 aromatic carbocycles. The molecule has 1 heterocycles. The fourth-order valence-electron chi connectivity index (χ4n) is 9.06. The Labute approximate surface area is 375 Å². The van der Waals surface area contributed by atoms with Gasteiger partial charge in [-0.3, -0.25) is 0 Å². The van der Waals surface area contributed by atoms with E-state index in [1.807, 2.05) is 18.2 Å². The van der Waals surface area contributed by atoms with E-state index in [1.54, 1.807) is 0 Å². The molecule has 0 bridgehead atoms. The number of anilines is 1. The molecule has 10 rings (SSSR count). The van der Waals surface area contributed by atoms with E-state index in [-0.39, 0.29) is 0 Å². The molecule has 0 N–H and O–H groups in total.